The van der Waals surface area contributed by atoms with Crippen LogP contribution in [0.2, 0.25) is 0 Å². The van der Waals surface area contributed by atoms with Crippen LogP contribution < -0.4 is 0 Å². The highest BCUT2D eigenvalue weighted by Gasteiger charge is 2.36. The van der Waals surface area contributed by atoms with E-state index < -0.39 is 26.2 Å². The normalized spacial score (nSPS) is 13.5. The van der Waals surface area contributed by atoms with Crippen LogP contribution >= 0.6 is 19.5 Å². The van der Waals surface area contributed by atoms with E-state index in [1.807, 2.05) is 0 Å². The van der Waals surface area contributed by atoms with Crippen molar-refractivity contribution in [1.82, 2.24) is 0 Å². The van der Waals surface area contributed by atoms with E-state index in [1.54, 1.807) is 0 Å². The summed E-state index contributed by atoms with van der Waals surface area (Å²) in [6, 6.07) is 0. The van der Waals surface area contributed by atoms with E-state index >= 15 is 0 Å². The predicted octanol–water partition coefficient (Wildman–Crippen LogP) is 0.453. The Balaban J connectivity index is 4.17. The van der Waals surface area contributed by atoms with Gasteiger partial charge in [-0.2, -0.15) is 14.7 Å². The summed E-state index contributed by atoms with van der Waals surface area (Å²) in [6.45, 7) is 4.79. The van der Waals surface area contributed by atoms with Crippen molar-refractivity contribution >= 4 is 25.5 Å². The zero-order chi connectivity index (χ0) is 11.4. The highest BCUT2D eigenvalue weighted by molar-refractivity contribution is 7.58. The number of hydrogen-bond donors (Lipinski definition) is 3. The molecule has 14 heavy (non-hydrogen) atoms. The molecule has 0 aliphatic rings. The van der Waals surface area contributed by atoms with E-state index in [0.717, 1.165) is 0 Å². The molecule has 0 rings (SSSR count). The minimum Gasteiger partial charge on any atom is -0.454 e. The molecule has 0 aliphatic heterocycles. The van der Waals surface area contributed by atoms with Crippen LogP contribution in [0.3, 0.4) is 0 Å². The van der Waals surface area contributed by atoms with Gasteiger partial charge in [-0.3, -0.25) is 0 Å². The van der Waals surface area contributed by atoms with E-state index in [0.29, 0.717) is 0 Å². The molecule has 0 saturated heterocycles. The number of rotatable bonds is 5. The second kappa shape index (κ2) is 5.63. The Morgan fingerprint density at radius 1 is 1.57 bits per heavy atom. The summed E-state index contributed by atoms with van der Waals surface area (Å²) in [7, 11) is -3.97. The molecule has 0 spiro atoms. The summed E-state index contributed by atoms with van der Waals surface area (Å²) in [6.07, 6.45) is -1.38. The van der Waals surface area contributed by atoms with Gasteiger partial charge in [-0.1, -0.05) is 6.58 Å². The molecule has 0 heterocycles. The van der Waals surface area contributed by atoms with Crippen LogP contribution in [0.5, 0.6) is 0 Å². The first-order valence-electron chi connectivity index (χ1n) is 3.75. The molecule has 0 aromatic carbocycles. The van der Waals surface area contributed by atoms with Crippen LogP contribution in [0, 0.1) is 0 Å². The van der Waals surface area contributed by atoms with Crippen molar-refractivity contribution in [2.45, 2.75) is 13.0 Å². The zero-order valence-electron chi connectivity index (χ0n) is 7.68. The van der Waals surface area contributed by atoms with Crippen molar-refractivity contribution in [2.75, 3.05) is 12.0 Å². The molecule has 0 bridgehead atoms. The van der Waals surface area contributed by atoms with Crippen LogP contribution in [-0.2, 0) is 9.53 Å². The van der Waals surface area contributed by atoms with Crippen LogP contribution in [0.4, 0.5) is 0 Å². The third-order valence-electron chi connectivity index (χ3n) is 1.24. The summed E-state index contributed by atoms with van der Waals surface area (Å²) < 4.78 is 4.71. The molecule has 3 N–H and O–H groups in total. The number of hydrogen-bond acceptors (Lipinski definition) is 5. The monoisotopic (exact) mass is 243 g/mol. The summed E-state index contributed by atoms with van der Waals surface area (Å²) in [5.74, 6) is -0.799. The summed E-state index contributed by atoms with van der Waals surface area (Å²) >= 11 is 5.40. The molecule has 0 aromatic heterocycles. The van der Waals surface area contributed by atoms with Crippen molar-refractivity contribution in [1.29, 1.82) is 0 Å². The largest absolute Gasteiger partial charge is 0.454 e. The summed E-state index contributed by atoms with van der Waals surface area (Å²) in [5.41, 5.74) is 0.179. The second-order valence-corrected chi connectivity index (χ2v) is 4.90. The summed E-state index contributed by atoms with van der Waals surface area (Å²) in [4.78, 5) is 37.1. The topological polar surface area (TPSA) is 87.0 Å². The number of ether oxygens (including phenoxy) is 1. The van der Waals surface area contributed by atoms with Crippen molar-refractivity contribution in [2.24, 2.45) is 0 Å². The Labute approximate surface area is 87.5 Å². The van der Waals surface area contributed by atoms with Gasteiger partial charge in [-0.05, 0) is 6.92 Å². The quantitative estimate of drug-likeness (QED) is 0.283. The minimum atomic E-state index is -3.97. The molecule has 82 valence electrons. The minimum absolute atomic E-state index is 0.123. The molecule has 0 saturated carbocycles. The molecular weight excluding hydrogens is 230 g/mol. The van der Waals surface area contributed by atoms with Gasteiger partial charge in [0.1, 0.15) is 0 Å². The molecule has 1 unspecified atom stereocenters. The number of alkyl halides is 1. The Morgan fingerprint density at radius 2 is 2.07 bits per heavy atom. The van der Waals surface area contributed by atoms with Gasteiger partial charge in [0, 0.05) is 5.57 Å². The molecule has 5 nitrogen and oxygen atoms in total. The number of halogens is 1. The van der Waals surface area contributed by atoms with Gasteiger partial charge in [0.25, 0.3) is 0 Å². The first-order chi connectivity index (χ1) is 6.26. The van der Waals surface area contributed by atoms with Gasteiger partial charge in [0.15, 0.2) is 12.3 Å². The Bertz CT molecular complexity index is 225. The van der Waals surface area contributed by atoms with Gasteiger partial charge in [0.2, 0.25) is 0 Å². The average Bonchev–Trinajstić information content (AvgIpc) is 2.00. The van der Waals surface area contributed by atoms with Gasteiger partial charge in [0.05, 0.1) is 5.88 Å². The fourth-order valence-corrected chi connectivity index (χ4v) is 1.72. The van der Waals surface area contributed by atoms with Crippen LogP contribution in [0.15, 0.2) is 12.2 Å². The number of esters is 1. The zero-order valence-corrected chi connectivity index (χ0v) is 9.33. The molecular formula is C7H13ClO5P+. The van der Waals surface area contributed by atoms with Gasteiger partial charge in [-0.15, -0.1) is 11.6 Å². The Morgan fingerprint density at radius 3 is 2.36 bits per heavy atom. The highest BCUT2D eigenvalue weighted by atomic mass is 35.5. The fraction of sp³-hybridized carbons (Fsp3) is 0.571. The van der Waals surface area contributed by atoms with Crippen LogP contribution in [0.25, 0.3) is 0 Å². The molecule has 0 radical (unpaired) electrons. The van der Waals surface area contributed by atoms with E-state index in [2.05, 4.69) is 6.58 Å². The van der Waals surface area contributed by atoms with Crippen molar-refractivity contribution in [3.05, 3.63) is 12.2 Å². The maximum Gasteiger partial charge on any atom is 0.407 e. The molecule has 0 aromatic rings. The van der Waals surface area contributed by atoms with Gasteiger partial charge >= 0.3 is 13.9 Å². The Kier molecular flexibility index (Phi) is 5.56. The predicted molar refractivity (Wildman–Crippen MR) is 53.9 cm³/mol. The third-order valence-corrected chi connectivity index (χ3v) is 2.48. The lowest BCUT2D eigenvalue weighted by Crippen LogP contribution is -2.25. The first kappa shape index (κ1) is 13.8. The van der Waals surface area contributed by atoms with Crippen molar-refractivity contribution < 1.29 is 24.2 Å². The number of carbonyl (C=O) groups is 1. The van der Waals surface area contributed by atoms with Crippen molar-refractivity contribution in [3.8, 4) is 0 Å². The van der Waals surface area contributed by atoms with Gasteiger partial charge in [-0.25, -0.2) is 4.79 Å². The van der Waals surface area contributed by atoms with Crippen molar-refractivity contribution in [3.63, 3.8) is 0 Å². The lowest BCUT2D eigenvalue weighted by Gasteiger charge is -2.14. The SMILES string of the molecule is C=C(C)C(=O)OC(CCl)C[P+](O)(O)O. The maximum absolute atomic E-state index is 11.0. The fourth-order valence-electron chi connectivity index (χ4n) is 0.643. The molecule has 0 fully saturated rings. The number of carbonyl (C=O) groups excluding carboxylic acids is 1. The summed E-state index contributed by atoms with van der Waals surface area (Å²) in [5, 5.41) is 0. The first-order valence-corrected chi connectivity index (χ1v) is 6.11. The molecule has 0 amide bonds. The third kappa shape index (κ3) is 6.29. The van der Waals surface area contributed by atoms with E-state index in [1.165, 1.54) is 6.92 Å². The van der Waals surface area contributed by atoms with E-state index in [-0.39, 0.29) is 11.5 Å². The second-order valence-electron chi connectivity index (χ2n) is 2.84. The van der Waals surface area contributed by atoms with E-state index in [9.17, 15) is 4.79 Å². The maximum atomic E-state index is 11.0. The lowest BCUT2D eigenvalue weighted by atomic mass is 10.3. The molecule has 0 aliphatic carbocycles. The molecule has 7 heteroatoms. The highest BCUT2D eigenvalue weighted by Crippen LogP contribution is 2.45. The van der Waals surface area contributed by atoms with Crippen LogP contribution in [-0.4, -0.2) is 38.8 Å². The van der Waals surface area contributed by atoms with E-state index in [4.69, 9.17) is 31.0 Å². The average molecular weight is 244 g/mol. The van der Waals surface area contributed by atoms with Gasteiger partial charge < -0.3 is 4.74 Å². The standard InChI is InChI=1S/C7H13ClO5P/c1-5(2)7(9)13-6(3-8)4-14(10,11)12/h6,10-12H,1,3-4H2,2H3/q+1. The Hall–Kier alpha value is -0.190. The smallest absolute Gasteiger partial charge is 0.407 e. The van der Waals surface area contributed by atoms with Crippen LogP contribution in [0.1, 0.15) is 6.92 Å². The lowest BCUT2D eigenvalue weighted by molar-refractivity contribution is -0.142. The molecule has 1 atom stereocenters.